The molecule has 0 aliphatic carbocycles. The molecule has 4 nitrogen and oxygen atoms in total. The second kappa shape index (κ2) is 5.39. The Balaban J connectivity index is 3.08. The fraction of sp³-hybridized carbons (Fsp3) is 0.417. The van der Waals surface area contributed by atoms with Crippen molar-refractivity contribution in [3.8, 4) is 11.5 Å². The van der Waals surface area contributed by atoms with Gasteiger partial charge in [0.15, 0.2) is 0 Å². The summed E-state index contributed by atoms with van der Waals surface area (Å²) in [4.78, 5) is 13.6. The maximum atomic E-state index is 12.0. The fourth-order valence-electron chi connectivity index (χ4n) is 1.32. The van der Waals surface area contributed by atoms with E-state index in [4.69, 9.17) is 9.47 Å². The second-order valence-corrected chi connectivity index (χ2v) is 3.39. The summed E-state index contributed by atoms with van der Waals surface area (Å²) in [5.74, 6) is 1.15. The zero-order chi connectivity index (χ0) is 12.1. The number of carbonyl (C=O) groups is 1. The Morgan fingerprint density at radius 2 is 2.00 bits per heavy atom. The molecule has 0 spiro atoms. The van der Waals surface area contributed by atoms with Gasteiger partial charge in [0, 0.05) is 19.7 Å². The Morgan fingerprint density at radius 1 is 1.31 bits per heavy atom. The molecule has 0 bridgehead atoms. The van der Waals surface area contributed by atoms with Gasteiger partial charge in [-0.25, -0.2) is 0 Å². The Morgan fingerprint density at radius 3 is 2.50 bits per heavy atom. The smallest absolute Gasteiger partial charge is 0.257 e. The van der Waals surface area contributed by atoms with Crippen LogP contribution in [0.4, 0.5) is 0 Å². The number of carbonyl (C=O) groups excluding carboxylic acids is 1. The van der Waals surface area contributed by atoms with Crippen LogP contribution in [-0.4, -0.2) is 38.6 Å². The average Bonchev–Trinajstić information content (AvgIpc) is 2.35. The lowest BCUT2D eigenvalue weighted by molar-refractivity contribution is 0.0799. The van der Waals surface area contributed by atoms with Crippen molar-refractivity contribution in [1.29, 1.82) is 0 Å². The Labute approximate surface area is 95.8 Å². The van der Waals surface area contributed by atoms with Crippen LogP contribution < -0.4 is 9.47 Å². The average molecular weight is 223 g/mol. The molecule has 1 aromatic rings. The highest BCUT2D eigenvalue weighted by molar-refractivity contribution is 5.97. The second-order valence-electron chi connectivity index (χ2n) is 3.39. The molecule has 0 aromatic heterocycles. The third-order valence-corrected chi connectivity index (χ3v) is 2.46. The molecule has 0 aliphatic rings. The van der Waals surface area contributed by atoms with Crippen molar-refractivity contribution in [1.82, 2.24) is 4.90 Å². The molecule has 88 valence electrons. The first kappa shape index (κ1) is 12.4. The highest BCUT2D eigenvalue weighted by Crippen LogP contribution is 2.25. The van der Waals surface area contributed by atoms with Crippen molar-refractivity contribution in [3.05, 3.63) is 23.8 Å². The number of benzene rings is 1. The lowest BCUT2D eigenvalue weighted by Gasteiger charge is -2.16. The molecule has 0 N–H and O–H groups in total. The summed E-state index contributed by atoms with van der Waals surface area (Å²) >= 11 is 0. The van der Waals surface area contributed by atoms with Gasteiger partial charge in [0.1, 0.15) is 11.5 Å². The van der Waals surface area contributed by atoms with Gasteiger partial charge in [-0.05, 0) is 19.1 Å². The minimum atomic E-state index is -0.0537. The van der Waals surface area contributed by atoms with Gasteiger partial charge in [-0.2, -0.15) is 0 Å². The maximum Gasteiger partial charge on any atom is 0.257 e. The molecule has 0 aliphatic heterocycles. The molecule has 1 amide bonds. The van der Waals surface area contributed by atoms with E-state index in [1.54, 1.807) is 37.3 Å². The molecule has 0 atom stereocenters. The normalized spacial score (nSPS) is 9.75. The molecule has 0 radical (unpaired) electrons. The van der Waals surface area contributed by atoms with Crippen LogP contribution in [0.15, 0.2) is 18.2 Å². The van der Waals surface area contributed by atoms with Crippen molar-refractivity contribution in [2.75, 3.05) is 27.8 Å². The van der Waals surface area contributed by atoms with E-state index in [1.807, 2.05) is 6.92 Å². The van der Waals surface area contributed by atoms with E-state index in [0.717, 1.165) is 0 Å². The molecule has 0 unspecified atom stereocenters. The SMILES string of the molecule is CCN(C)C(=O)c1ccc(OC)cc1OC. The molecule has 16 heavy (non-hydrogen) atoms. The summed E-state index contributed by atoms with van der Waals surface area (Å²) < 4.78 is 10.2. The van der Waals surface area contributed by atoms with Crippen LogP contribution in [0, 0.1) is 0 Å². The molecule has 1 rings (SSSR count). The number of hydrogen-bond acceptors (Lipinski definition) is 3. The fourth-order valence-corrected chi connectivity index (χ4v) is 1.32. The molecule has 1 aromatic carbocycles. The molecule has 4 heteroatoms. The number of rotatable bonds is 4. The van der Waals surface area contributed by atoms with Crippen LogP contribution in [0.25, 0.3) is 0 Å². The van der Waals surface area contributed by atoms with Crippen molar-refractivity contribution < 1.29 is 14.3 Å². The van der Waals surface area contributed by atoms with Crippen molar-refractivity contribution in [3.63, 3.8) is 0 Å². The largest absolute Gasteiger partial charge is 0.497 e. The number of hydrogen-bond donors (Lipinski definition) is 0. The predicted octanol–water partition coefficient (Wildman–Crippen LogP) is 1.80. The van der Waals surface area contributed by atoms with Crippen molar-refractivity contribution in [2.24, 2.45) is 0 Å². The minimum absolute atomic E-state index is 0.0537. The van der Waals surface area contributed by atoms with Crippen LogP contribution >= 0.6 is 0 Å². The maximum absolute atomic E-state index is 12.0. The van der Waals surface area contributed by atoms with Gasteiger partial charge in [0.05, 0.1) is 19.8 Å². The van der Waals surface area contributed by atoms with E-state index in [2.05, 4.69) is 0 Å². The Kier molecular flexibility index (Phi) is 4.17. The summed E-state index contributed by atoms with van der Waals surface area (Å²) in [6.45, 7) is 2.59. The molecule has 0 saturated carbocycles. The molecular weight excluding hydrogens is 206 g/mol. The lowest BCUT2D eigenvalue weighted by Crippen LogP contribution is -2.26. The first-order valence-corrected chi connectivity index (χ1v) is 5.11. The third kappa shape index (κ3) is 2.45. The number of methoxy groups -OCH3 is 2. The van der Waals surface area contributed by atoms with Crippen LogP contribution in [-0.2, 0) is 0 Å². The van der Waals surface area contributed by atoms with Crippen LogP contribution in [0.1, 0.15) is 17.3 Å². The summed E-state index contributed by atoms with van der Waals surface area (Å²) in [6, 6.07) is 5.17. The van der Waals surface area contributed by atoms with Crippen LogP contribution in [0.2, 0.25) is 0 Å². The van der Waals surface area contributed by atoms with Gasteiger partial charge in [0.25, 0.3) is 5.91 Å². The van der Waals surface area contributed by atoms with Gasteiger partial charge >= 0.3 is 0 Å². The summed E-state index contributed by atoms with van der Waals surface area (Å²) in [7, 11) is 4.87. The Hall–Kier alpha value is -1.71. The monoisotopic (exact) mass is 223 g/mol. The highest BCUT2D eigenvalue weighted by atomic mass is 16.5. The zero-order valence-electron chi connectivity index (χ0n) is 10.1. The first-order valence-electron chi connectivity index (χ1n) is 5.11. The molecule has 0 fully saturated rings. The van der Waals surface area contributed by atoms with E-state index in [0.29, 0.717) is 23.6 Å². The number of ether oxygens (including phenoxy) is 2. The van der Waals surface area contributed by atoms with Gasteiger partial charge < -0.3 is 14.4 Å². The predicted molar refractivity (Wildman–Crippen MR) is 62.2 cm³/mol. The molecular formula is C12H17NO3. The van der Waals surface area contributed by atoms with Gasteiger partial charge in [0.2, 0.25) is 0 Å². The summed E-state index contributed by atoms with van der Waals surface area (Å²) in [6.07, 6.45) is 0. The summed E-state index contributed by atoms with van der Waals surface area (Å²) in [5.41, 5.74) is 0.549. The lowest BCUT2D eigenvalue weighted by atomic mass is 10.1. The van der Waals surface area contributed by atoms with Gasteiger partial charge in [-0.1, -0.05) is 0 Å². The van der Waals surface area contributed by atoms with Crippen LogP contribution in [0.3, 0.4) is 0 Å². The van der Waals surface area contributed by atoms with E-state index in [9.17, 15) is 4.79 Å². The topological polar surface area (TPSA) is 38.8 Å². The molecule has 0 heterocycles. The summed E-state index contributed by atoms with van der Waals surface area (Å²) in [5, 5.41) is 0. The number of amides is 1. The van der Waals surface area contributed by atoms with Gasteiger partial charge in [-0.3, -0.25) is 4.79 Å². The first-order chi connectivity index (χ1) is 7.63. The third-order valence-electron chi connectivity index (χ3n) is 2.46. The van der Waals surface area contributed by atoms with Crippen molar-refractivity contribution >= 4 is 5.91 Å². The van der Waals surface area contributed by atoms with Gasteiger partial charge in [-0.15, -0.1) is 0 Å². The standard InChI is InChI=1S/C12H17NO3/c1-5-13(2)12(14)10-7-6-9(15-3)8-11(10)16-4/h6-8H,5H2,1-4H3. The van der Waals surface area contributed by atoms with E-state index in [1.165, 1.54) is 7.11 Å². The number of nitrogens with zero attached hydrogens (tertiary/aromatic N) is 1. The quantitative estimate of drug-likeness (QED) is 0.781. The zero-order valence-corrected chi connectivity index (χ0v) is 10.1. The van der Waals surface area contributed by atoms with E-state index < -0.39 is 0 Å². The highest BCUT2D eigenvalue weighted by Gasteiger charge is 2.15. The van der Waals surface area contributed by atoms with Crippen LogP contribution in [0.5, 0.6) is 11.5 Å². The Bertz CT molecular complexity index is 377. The van der Waals surface area contributed by atoms with E-state index >= 15 is 0 Å². The van der Waals surface area contributed by atoms with Crippen molar-refractivity contribution in [2.45, 2.75) is 6.92 Å². The minimum Gasteiger partial charge on any atom is -0.497 e. The molecule has 0 saturated heterocycles. The van der Waals surface area contributed by atoms with E-state index in [-0.39, 0.29) is 5.91 Å².